The summed E-state index contributed by atoms with van der Waals surface area (Å²) in [5.41, 5.74) is 1.79. The molecule has 0 bridgehead atoms. The molecule has 0 radical (unpaired) electrons. The first-order chi connectivity index (χ1) is 11.9. The van der Waals surface area contributed by atoms with Gasteiger partial charge in [0.1, 0.15) is 11.4 Å². The Kier molecular flexibility index (Phi) is 9.45. The van der Waals surface area contributed by atoms with Crippen molar-refractivity contribution in [3.8, 4) is 5.75 Å². The van der Waals surface area contributed by atoms with Gasteiger partial charge < -0.3 is 9.29 Å². The smallest absolute Gasteiger partial charge is 0.748 e. The molecule has 2 rings (SSSR count). The average Bonchev–Trinajstić information content (AvgIpc) is 2.92. The van der Waals surface area contributed by atoms with E-state index in [9.17, 15) is 13.0 Å². The van der Waals surface area contributed by atoms with E-state index in [0.717, 1.165) is 18.6 Å². The Bertz CT molecular complexity index is 819. The van der Waals surface area contributed by atoms with Crippen molar-refractivity contribution in [2.45, 2.75) is 33.2 Å². The second-order valence-electron chi connectivity index (χ2n) is 5.52. The average molecular weight is 388 g/mol. The normalized spacial score (nSPS) is 11.5. The molecule has 136 valence electrons. The summed E-state index contributed by atoms with van der Waals surface area (Å²) in [5, 5.41) is 12.4. The van der Waals surface area contributed by atoms with Crippen molar-refractivity contribution < 1.29 is 47.3 Å². The van der Waals surface area contributed by atoms with Crippen LogP contribution in [0.3, 0.4) is 0 Å². The number of aryl methyl sites for hydroxylation is 2. The van der Waals surface area contributed by atoms with E-state index in [1.807, 2.05) is 12.1 Å². The van der Waals surface area contributed by atoms with Crippen molar-refractivity contribution in [2.24, 2.45) is 10.2 Å². The maximum atomic E-state index is 10.7. The Labute approximate surface area is 175 Å². The Hall–Kier alpha value is -1.26. The standard InChI is InChI=1S/C16H22N4O4S.Na/c1-3-4-10-24-15-7-5-14(6-8-15)17-18-16-12-20(19-13(16)2)9-11-25(21,22)23;/h5-8,12H,3-4,9-11H2,1-2H3,(H,21,22,23);/q;+1/p-1. The summed E-state index contributed by atoms with van der Waals surface area (Å²) >= 11 is 0. The van der Waals surface area contributed by atoms with E-state index in [0.29, 0.717) is 23.7 Å². The Morgan fingerprint density at radius 3 is 2.54 bits per heavy atom. The number of rotatable bonds is 9. The Morgan fingerprint density at radius 2 is 1.92 bits per heavy atom. The summed E-state index contributed by atoms with van der Waals surface area (Å²) in [6.07, 6.45) is 3.66. The van der Waals surface area contributed by atoms with Crippen LogP contribution in [0.4, 0.5) is 11.4 Å². The zero-order valence-corrected chi connectivity index (χ0v) is 18.1. The Balaban J connectivity index is 0.00000338. The summed E-state index contributed by atoms with van der Waals surface area (Å²) < 4.78 is 39.0. The van der Waals surface area contributed by atoms with Gasteiger partial charge in [-0.05, 0) is 37.6 Å². The number of hydrogen-bond donors (Lipinski definition) is 0. The molecule has 1 aromatic heterocycles. The molecule has 0 saturated heterocycles. The molecule has 0 fully saturated rings. The van der Waals surface area contributed by atoms with Gasteiger partial charge in [-0.2, -0.15) is 10.2 Å². The minimum atomic E-state index is -4.27. The number of aromatic nitrogens is 2. The maximum Gasteiger partial charge on any atom is 1.00 e. The van der Waals surface area contributed by atoms with Crippen LogP contribution in [0, 0.1) is 6.92 Å². The van der Waals surface area contributed by atoms with Gasteiger partial charge in [0.05, 0.1) is 46.6 Å². The van der Waals surface area contributed by atoms with Crippen LogP contribution in [-0.2, 0) is 16.7 Å². The number of azo groups is 1. The predicted molar refractivity (Wildman–Crippen MR) is 92.5 cm³/mol. The second-order valence-corrected chi connectivity index (χ2v) is 7.04. The van der Waals surface area contributed by atoms with E-state index in [1.165, 1.54) is 4.68 Å². The van der Waals surface area contributed by atoms with Gasteiger partial charge >= 0.3 is 29.6 Å². The summed E-state index contributed by atoms with van der Waals surface area (Å²) in [6.45, 7) is 4.53. The number of nitrogens with zero attached hydrogens (tertiary/aromatic N) is 4. The summed E-state index contributed by atoms with van der Waals surface area (Å²) in [7, 11) is -4.27. The minimum Gasteiger partial charge on any atom is -0.748 e. The van der Waals surface area contributed by atoms with Crippen LogP contribution in [0.2, 0.25) is 0 Å². The van der Waals surface area contributed by atoms with Gasteiger partial charge in [-0.3, -0.25) is 4.68 Å². The molecular formula is C16H21N4NaO4S. The van der Waals surface area contributed by atoms with Crippen LogP contribution in [-0.4, -0.2) is 35.1 Å². The number of unbranched alkanes of at least 4 members (excludes halogenated alkanes) is 1. The van der Waals surface area contributed by atoms with Gasteiger partial charge in [-0.1, -0.05) is 13.3 Å². The second kappa shape index (κ2) is 10.8. The molecular weight excluding hydrogens is 367 g/mol. The first-order valence-electron chi connectivity index (χ1n) is 7.99. The van der Waals surface area contributed by atoms with Crippen molar-refractivity contribution in [3.05, 3.63) is 36.2 Å². The van der Waals surface area contributed by atoms with Crippen LogP contribution in [0.5, 0.6) is 5.75 Å². The molecule has 1 heterocycles. The molecule has 0 aliphatic carbocycles. The molecule has 0 aliphatic heterocycles. The van der Waals surface area contributed by atoms with Crippen molar-refractivity contribution >= 4 is 21.5 Å². The van der Waals surface area contributed by atoms with Crippen LogP contribution in [0.15, 0.2) is 40.7 Å². The van der Waals surface area contributed by atoms with E-state index in [-0.39, 0.29) is 36.1 Å². The van der Waals surface area contributed by atoms with Gasteiger partial charge in [0.25, 0.3) is 0 Å². The molecule has 8 nitrogen and oxygen atoms in total. The molecule has 26 heavy (non-hydrogen) atoms. The number of hydrogen-bond acceptors (Lipinski definition) is 7. The van der Waals surface area contributed by atoms with E-state index in [1.54, 1.807) is 25.3 Å². The molecule has 2 aromatic rings. The largest absolute Gasteiger partial charge is 1.00 e. The fraction of sp³-hybridized carbons (Fsp3) is 0.438. The van der Waals surface area contributed by atoms with Gasteiger partial charge in [0.2, 0.25) is 0 Å². The molecule has 0 spiro atoms. The third-order valence-corrected chi connectivity index (χ3v) is 4.05. The van der Waals surface area contributed by atoms with Crippen LogP contribution >= 0.6 is 0 Å². The number of benzene rings is 1. The number of ether oxygens (including phenoxy) is 1. The third kappa shape index (κ3) is 7.96. The van der Waals surface area contributed by atoms with E-state index in [4.69, 9.17) is 4.74 Å². The van der Waals surface area contributed by atoms with Crippen molar-refractivity contribution in [1.29, 1.82) is 0 Å². The topological polar surface area (TPSA) is 109 Å². The van der Waals surface area contributed by atoms with Gasteiger partial charge in [0, 0.05) is 0 Å². The summed E-state index contributed by atoms with van der Waals surface area (Å²) in [4.78, 5) is 0. The van der Waals surface area contributed by atoms with Gasteiger partial charge in [-0.25, -0.2) is 8.42 Å². The van der Waals surface area contributed by atoms with Crippen LogP contribution < -0.4 is 34.3 Å². The fourth-order valence-electron chi connectivity index (χ4n) is 1.98. The first kappa shape index (κ1) is 22.8. The monoisotopic (exact) mass is 388 g/mol. The zero-order valence-electron chi connectivity index (χ0n) is 15.3. The Morgan fingerprint density at radius 1 is 1.23 bits per heavy atom. The molecule has 0 saturated carbocycles. The molecule has 10 heteroatoms. The van der Waals surface area contributed by atoms with Gasteiger partial charge in [0.15, 0.2) is 0 Å². The van der Waals surface area contributed by atoms with Crippen LogP contribution in [0.1, 0.15) is 25.5 Å². The van der Waals surface area contributed by atoms with Gasteiger partial charge in [-0.15, -0.1) is 5.11 Å². The first-order valence-corrected chi connectivity index (χ1v) is 9.57. The summed E-state index contributed by atoms with van der Waals surface area (Å²) in [6, 6.07) is 7.27. The minimum absolute atomic E-state index is 0. The summed E-state index contributed by atoms with van der Waals surface area (Å²) in [5.74, 6) is 0.278. The molecule has 0 amide bonds. The molecule has 0 unspecified atom stereocenters. The fourth-order valence-corrected chi connectivity index (χ4v) is 2.39. The quantitative estimate of drug-likeness (QED) is 0.266. The van der Waals surface area contributed by atoms with E-state index < -0.39 is 15.9 Å². The molecule has 0 aliphatic rings. The maximum absolute atomic E-state index is 10.7. The van der Waals surface area contributed by atoms with E-state index >= 15 is 0 Å². The SMILES string of the molecule is CCCCOc1ccc(N=Nc2cn(CCS(=O)(=O)[O-])nc2C)cc1.[Na+]. The van der Waals surface area contributed by atoms with Crippen molar-refractivity contribution in [2.75, 3.05) is 12.4 Å². The molecule has 1 aromatic carbocycles. The molecule has 0 N–H and O–H groups in total. The zero-order chi connectivity index (χ0) is 18.3. The van der Waals surface area contributed by atoms with E-state index in [2.05, 4.69) is 22.3 Å². The van der Waals surface area contributed by atoms with Crippen molar-refractivity contribution in [3.63, 3.8) is 0 Å². The third-order valence-electron chi connectivity index (χ3n) is 3.37. The molecule has 0 atom stereocenters. The van der Waals surface area contributed by atoms with Crippen LogP contribution in [0.25, 0.3) is 0 Å². The predicted octanol–water partition coefficient (Wildman–Crippen LogP) is 0.335. The van der Waals surface area contributed by atoms with Crippen molar-refractivity contribution in [1.82, 2.24) is 9.78 Å².